The maximum atomic E-state index is 14.3. The monoisotopic (exact) mass is 847 g/mol. The number of hydrazine groups is 3. The van der Waals surface area contributed by atoms with Crippen LogP contribution in [0.4, 0.5) is 28.4 Å². The van der Waals surface area contributed by atoms with E-state index in [-0.39, 0.29) is 37.5 Å². The van der Waals surface area contributed by atoms with Gasteiger partial charge in [-0.25, -0.2) is 14.8 Å². The second kappa shape index (κ2) is 21.5. The molecular weight excluding hydrogens is 808 g/mol. The van der Waals surface area contributed by atoms with Gasteiger partial charge in [0, 0.05) is 28.6 Å². The number of hydrogen-bond acceptors (Lipinski definition) is 7. The number of nitrogens with zero attached hydrogens (tertiary/aromatic N) is 3. The van der Waals surface area contributed by atoms with Gasteiger partial charge in [-0.15, -0.1) is 5.53 Å². The molecule has 11 nitrogen and oxygen atoms in total. The molecule has 5 rings (SSSR count). The Hall–Kier alpha value is -5.06. The largest absolute Gasteiger partial charge is 0.472 e. The molecule has 0 bridgehead atoms. The van der Waals surface area contributed by atoms with Crippen molar-refractivity contribution in [1.82, 2.24) is 11.0 Å². The van der Waals surface area contributed by atoms with Crippen molar-refractivity contribution >= 4 is 98.5 Å². The Morgan fingerprint density at radius 1 is 0.825 bits per heavy atom. The second-order valence-electron chi connectivity index (χ2n) is 13.3. The molecule has 1 fully saturated rings. The van der Waals surface area contributed by atoms with Gasteiger partial charge < -0.3 is 15.8 Å². The van der Waals surface area contributed by atoms with Crippen molar-refractivity contribution in [3.8, 4) is 35.5 Å². The molecule has 5 N–H and O–H groups in total. The van der Waals surface area contributed by atoms with E-state index in [1.807, 2.05) is 5.92 Å². The summed E-state index contributed by atoms with van der Waals surface area (Å²) in [5.41, 5.74) is 11.9. The van der Waals surface area contributed by atoms with Gasteiger partial charge >= 0.3 is 5.97 Å². The van der Waals surface area contributed by atoms with Crippen molar-refractivity contribution in [3.05, 3.63) is 74.2 Å². The van der Waals surface area contributed by atoms with Gasteiger partial charge in [0.1, 0.15) is 5.69 Å². The third-order valence-electron chi connectivity index (χ3n) is 9.01. The van der Waals surface area contributed by atoms with Crippen LogP contribution >= 0.6 is 46.4 Å². The van der Waals surface area contributed by atoms with Crippen molar-refractivity contribution < 1.29 is 19.5 Å². The number of nitrogens with one attached hydrogen (secondary N) is 4. The number of carboxylic acids is 1. The van der Waals surface area contributed by atoms with Crippen LogP contribution in [0.5, 0.6) is 0 Å². The first-order chi connectivity index (χ1) is 27.5. The zero-order chi connectivity index (χ0) is 40.7. The highest BCUT2D eigenvalue weighted by Crippen LogP contribution is 2.40. The summed E-state index contributed by atoms with van der Waals surface area (Å²) in [5.74, 6) is 12.7. The lowest BCUT2D eigenvalue weighted by atomic mass is 10.1. The Bertz CT molecular complexity index is 2190. The minimum Gasteiger partial charge on any atom is -0.472 e. The molecule has 1 unspecified atom stereocenters. The molecule has 2 aliphatic rings. The van der Waals surface area contributed by atoms with Crippen LogP contribution in [-0.2, 0) is 14.4 Å². The number of unbranched alkanes of at least 4 members (excludes halogenated alkanes) is 10. The molecule has 57 heavy (non-hydrogen) atoms. The lowest BCUT2D eigenvalue weighted by Crippen LogP contribution is -2.51. The van der Waals surface area contributed by atoms with Crippen LogP contribution < -0.4 is 31.7 Å². The molecule has 1 atom stereocenters. The number of amides is 2. The van der Waals surface area contributed by atoms with Gasteiger partial charge in [-0.2, -0.15) is 0 Å². The Morgan fingerprint density at radius 3 is 2.18 bits per heavy atom. The van der Waals surface area contributed by atoms with Crippen molar-refractivity contribution in [2.45, 2.75) is 90.0 Å². The van der Waals surface area contributed by atoms with E-state index in [9.17, 15) is 14.4 Å². The second-order valence-corrected chi connectivity index (χ2v) is 15.0. The first-order valence-electron chi connectivity index (χ1n) is 18.7. The van der Waals surface area contributed by atoms with Crippen LogP contribution in [0, 0.1) is 35.5 Å². The molecule has 296 valence electrons. The van der Waals surface area contributed by atoms with E-state index >= 15 is 0 Å². The predicted octanol–water partition coefficient (Wildman–Crippen LogP) is 9.68. The molecule has 3 aromatic carbocycles. The van der Waals surface area contributed by atoms with Crippen LogP contribution in [0.25, 0.3) is 0 Å². The van der Waals surface area contributed by atoms with E-state index in [1.54, 1.807) is 41.4 Å². The van der Waals surface area contributed by atoms with Gasteiger partial charge in [0.05, 0.1) is 32.1 Å². The van der Waals surface area contributed by atoms with E-state index in [0.29, 0.717) is 34.7 Å². The molecular formula is C42H41Cl4N7O4. The molecule has 1 saturated heterocycles. The Labute approximate surface area is 352 Å². The van der Waals surface area contributed by atoms with Gasteiger partial charge in [-0.3, -0.25) is 20.0 Å². The average molecular weight is 850 g/mol. The highest BCUT2D eigenvalue weighted by Gasteiger charge is 2.46. The fraction of sp³-hybridized carbons (Fsp3) is 0.333. The minimum atomic E-state index is -1.28. The fourth-order valence-corrected chi connectivity index (χ4v) is 7.39. The zero-order valence-electron chi connectivity index (χ0n) is 31.2. The van der Waals surface area contributed by atoms with Gasteiger partial charge in [0.15, 0.2) is 11.9 Å². The van der Waals surface area contributed by atoms with Crippen LogP contribution in [0.1, 0.15) is 89.5 Å². The minimum absolute atomic E-state index is 0.107. The van der Waals surface area contributed by atoms with Gasteiger partial charge in [-0.05, 0) is 78.6 Å². The number of halogens is 4. The number of aliphatic carboxylic acids is 1. The topological polar surface area (TPSA) is 138 Å². The van der Waals surface area contributed by atoms with Crippen LogP contribution in [-0.4, -0.2) is 34.8 Å². The molecule has 0 aliphatic carbocycles. The zero-order valence-corrected chi connectivity index (χ0v) is 34.2. The van der Waals surface area contributed by atoms with E-state index in [2.05, 4.69) is 58.2 Å². The van der Waals surface area contributed by atoms with Crippen LogP contribution in [0.3, 0.4) is 0 Å². The smallest absolute Gasteiger partial charge is 0.382 e. The summed E-state index contributed by atoms with van der Waals surface area (Å²) in [6.45, 7) is 2.23. The van der Waals surface area contributed by atoms with Gasteiger partial charge in [-0.1, -0.05) is 123 Å². The number of carboxylic acid groups (broad SMARTS) is 1. The number of aliphatic imine (C=N–C) groups is 1. The fourth-order valence-electron chi connectivity index (χ4n) is 6.24. The maximum Gasteiger partial charge on any atom is 0.382 e. The number of benzene rings is 3. The Morgan fingerprint density at radius 2 is 1.49 bits per heavy atom. The van der Waals surface area contributed by atoms with Crippen molar-refractivity contribution in [3.63, 3.8) is 0 Å². The third kappa shape index (κ3) is 12.2. The molecule has 2 aliphatic heterocycles. The number of amidine groups is 1. The Balaban J connectivity index is 1.32. The molecule has 2 amide bonds. The van der Waals surface area contributed by atoms with Crippen molar-refractivity contribution in [1.29, 1.82) is 0 Å². The van der Waals surface area contributed by atoms with Gasteiger partial charge in [0.25, 0.3) is 5.91 Å². The lowest BCUT2D eigenvalue weighted by Gasteiger charge is -2.23. The molecule has 15 heteroatoms. The highest BCUT2D eigenvalue weighted by atomic mass is 35.5. The SMILES string of the molecule is CCCCCCCCCCCCCC(=O)Nc1ccc(Cl)c(N=C2NN(c3c(Cl)cc(Cl)cc3Cl)C(=O)C2N2NNc3cc(C#CC#CC#CC(=O)O)ccc32)c1. The number of fused-ring (bicyclic) bond motifs is 1. The number of anilines is 4. The summed E-state index contributed by atoms with van der Waals surface area (Å²) in [5, 5.41) is 15.2. The first-order valence-corrected chi connectivity index (χ1v) is 20.2. The molecule has 0 spiro atoms. The third-order valence-corrected chi connectivity index (χ3v) is 10.1. The summed E-state index contributed by atoms with van der Waals surface area (Å²) < 4.78 is 0. The van der Waals surface area contributed by atoms with Crippen LogP contribution in [0.15, 0.2) is 53.5 Å². The van der Waals surface area contributed by atoms with E-state index in [0.717, 1.165) is 19.3 Å². The number of rotatable bonds is 16. The lowest BCUT2D eigenvalue weighted by molar-refractivity contribution is -0.130. The quantitative estimate of drug-likeness (QED) is 0.0710. The van der Waals surface area contributed by atoms with E-state index in [4.69, 9.17) is 56.5 Å². The molecule has 2 heterocycles. The van der Waals surface area contributed by atoms with E-state index in [1.165, 1.54) is 68.5 Å². The molecule has 0 aromatic heterocycles. The van der Waals surface area contributed by atoms with E-state index < -0.39 is 17.9 Å². The molecule has 3 aromatic rings. The molecule has 0 saturated carbocycles. The predicted molar refractivity (Wildman–Crippen MR) is 230 cm³/mol. The normalized spacial score (nSPS) is 14.7. The number of carbonyl (C=O) groups is 3. The average Bonchev–Trinajstić information content (AvgIpc) is 3.71. The van der Waals surface area contributed by atoms with Crippen molar-refractivity contribution in [2.75, 3.05) is 20.8 Å². The Kier molecular flexibility index (Phi) is 16.2. The van der Waals surface area contributed by atoms with Crippen LogP contribution in [0.2, 0.25) is 20.1 Å². The van der Waals surface area contributed by atoms with Crippen molar-refractivity contribution in [2.24, 2.45) is 4.99 Å². The summed E-state index contributed by atoms with van der Waals surface area (Å²) in [6, 6.07) is 12.0. The number of carbonyl (C=O) groups excluding carboxylic acids is 2. The summed E-state index contributed by atoms with van der Waals surface area (Å²) in [7, 11) is 0. The maximum absolute atomic E-state index is 14.3. The summed E-state index contributed by atoms with van der Waals surface area (Å²) in [4.78, 5) is 42.6. The van der Waals surface area contributed by atoms with Gasteiger partial charge in [0.2, 0.25) is 5.91 Å². The highest BCUT2D eigenvalue weighted by molar-refractivity contribution is 6.43. The molecule has 0 radical (unpaired) electrons. The first kappa shape index (κ1) is 43.1. The summed E-state index contributed by atoms with van der Waals surface area (Å²) >= 11 is 26.0. The summed E-state index contributed by atoms with van der Waals surface area (Å²) in [6.07, 6.45) is 13.6. The number of hydrogen-bond donors (Lipinski definition) is 5. The standard InChI is InChI=1S/C42H41Cl4N7O4/c1-2-3-4-5-6-7-8-9-10-11-15-18-37(54)47-30-21-22-31(44)34(27-30)48-41-40(42(57)53(50-41)39-32(45)25-29(43)26-33(39)46)52-36-23-20-28(24-35(36)49-51-52)17-14-12-13-16-19-38(55)56/h20-27,40,49,51H,2-11,15,18H2,1H3,(H,47,54)(H,48,50)(H,55,56).